The van der Waals surface area contributed by atoms with E-state index in [-0.39, 0.29) is 11.9 Å². The average molecular weight is 384 g/mol. The maximum atomic E-state index is 13.7. The van der Waals surface area contributed by atoms with Gasteiger partial charge in [-0.1, -0.05) is 18.5 Å². The van der Waals surface area contributed by atoms with Gasteiger partial charge in [-0.25, -0.2) is 4.98 Å². The number of hydrogen-bond acceptors (Lipinski definition) is 6. The van der Waals surface area contributed by atoms with E-state index in [2.05, 4.69) is 22.0 Å². The second kappa shape index (κ2) is 7.12. The van der Waals surface area contributed by atoms with Crippen molar-refractivity contribution < 1.29 is 14.1 Å². The van der Waals surface area contributed by atoms with E-state index in [1.54, 1.807) is 0 Å². The normalized spacial score (nSPS) is 25.1. The molecule has 4 heterocycles. The van der Waals surface area contributed by atoms with Crippen LogP contribution in [-0.4, -0.2) is 70.8 Å². The van der Waals surface area contributed by atoms with Gasteiger partial charge < -0.3 is 14.2 Å². The van der Waals surface area contributed by atoms with Crippen LogP contribution >= 0.6 is 0 Å². The summed E-state index contributed by atoms with van der Waals surface area (Å²) in [6, 6.07) is 0.773. The summed E-state index contributed by atoms with van der Waals surface area (Å²) in [5, 5.41) is 4.89. The van der Waals surface area contributed by atoms with E-state index in [0.717, 1.165) is 86.2 Å². The number of fused-ring (bicyclic) bond motifs is 3. The molecule has 2 aliphatic heterocycles. The largest absolute Gasteiger partial charge is 0.378 e. The van der Waals surface area contributed by atoms with E-state index in [0.29, 0.717) is 18.4 Å². The molecule has 28 heavy (non-hydrogen) atoms. The Morgan fingerprint density at radius 2 is 2.14 bits per heavy atom. The number of morpholine rings is 1. The van der Waals surface area contributed by atoms with Crippen molar-refractivity contribution in [3.8, 4) is 0 Å². The van der Waals surface area contributed by atoms with E-state index in [1.165, 1.54) is 0 Å². The molecule has 2 atom stereocenters. The lowest BCUT2D eigenvalue weighted by Gasteiger charge is -2.48. The van der Waals surface area contributed by atoms with Crippen molar-refractivity contribution in [2.24, 2.45) is 0 Å². The molecule has 0 spiro atoms. The first kappa shape index (κ1) is 18.1. The quantitative estimate of drug-likeness (QED) is 0.809. The maximum absolute atomic E-state index is 13.7. The summed E-state index contributed by atoms with van der Waals surface area (Å²) >= 11 is 0. The summed E-state index contributed by atoms with van der Waals surface area (Å²) in [6.07, 6.45) is 5.19. The van der Waals surface area contributed by atoms with Crippen molar-refractivity contribution >= 4 is 17.0 Å². The summed E-state index contributed by atoms with van der Waals surface area (Å²) in [5.41, 5.74) is 4.16. The van der Waals surface area contributed by atoms with Crippen molar-refractivity contribution in [1.82, 2.24) is 19.9 Å². The summed E-state index contributed by atoms with van der Waals surface area (Å²) in [6.45, 7) is 8.05. The Kier molecular flexibility index (Phi) is 4.59. The SMILES string of the molecule is CCC[C@H]1COC[C@H]2CN(C(=O)c3c4c(nc5onc(C)c35)CCC4)CCN12. The highest BCUT2D eigenvalue weighted by molar-refractivity contribution is 6.07. The number of rotatable bonds is 3. The molecule has 0 bridgehead atoms. The number of aromatic nitrogens is 2. The van der Waals surface area contributed by atoms with E-state index >= 15 is 0 Å². The van der Waals surface area contributed by atoms with Crippen LogP contribution in [0.3, 0.4) is 0 Å². The third-order valence-corrected chi connectivity index (χ3v) is 6.56. The molecule has 7 heteroatoms. The van der Waals surface area contributed by atoms with Crippen LogP contribution in [0.15, 0.2) is 4.52 Å². The van der Waals surface area contributed by atoms with Gasteiger partial charge in [-0.3, -0.25) is 9.69 Å². The minimum absolute atomic E-state index is 0.106. The molecule has 0 saturated carbocycles. The number of piperazine rings is 1. The molecule has 150 valence electrons. The molecule has 0 unspecified atom stereocenters. The van der Waals surface area contributed by atoms with E-state index in [4.69, 9.17) is 9.26 Å². The highest BCUT2D eigenvalue weighted by Gasteiger charge is 2.38. The number of nitrogens with zero attached hydrogens (tertiary/aromatic N) is 4. The minimum atomic E-state index is 0.106. The zero-order valence-corrected chi connectivity index (χ0v) is 16.7. The third kappa shape index (κ3) is 2.83. The Morgan fingerprint density at radius 3 is 3.00 bits per heavy atom. The van der Waals surface area contributed by atoms with Gasteiger partial charge in [-0.05, 0) is 38.2 Å². The third-order valence-electron chi connectivity index (χ3n) is 6.56. The number of aryl methyl sites for hydroxylation is 2. The first-order valence-electron chi connectivity index (χ1n) is 10.6. The van der Waals surface area contributed by atoms with E-state index in [1.807, 2.05) is 11.8 Å². The van der Waals surface area contributed by atoms with Gasteiger partial charge in [-0.15, -0.1) is 0 Å². The number of carbonyl (C=O) groups excluding carboxylic acids is 1. The van der Waals surface area contributed by atoms with Gasteiger partial charge in [-0.2, -0.15) is 0 Å². The van der Waals surface area contributed by atoms with Crippen LogP contribution in [0.2, 0.25) is 0 Å². The lowest BCUT2D eigenvalue weighted by Crippen LogP contribution is -2.62. The van der Waals surface area contributed by atoms with Crippen molar-refractivity contribution in [2.45, 2.75) is 58.0 Å². The van der Waals surface area contributed by atoms with Crippen LogP contribution < -0.4 is 0 Å². The van der Waals surface area contributed by atoms with Gasteiger partial charge in [0.2, 0.25) is 0 Å². The van der Waals surface area contributed by atoms with Gasteiger partial charge in [0.05, 0.1) is 35.9 Å². The molecule has 7 nitrogen and oxygen atoms in total. The van der Waals surface area contributed by atoms with Crippen LogP contribution in [0.4, 0.5) is 0 Å². The van der Waals surface area contributed by atoms with Gasteiger partial charge >= 0.3 is 0 Å². The fraction of sp³-hybridized carbons (Fsp3) is 0.667. The molecule has 0 aromatic carbocycles. The zero-order chi connectivity index (χ0) is 19.3. The predicted octanol–water partition coefficient (Wildman–Crippen LogP) is 2.35. The van der Waals surface area contributed by atoms with Gasteiger partial charge in [0.25, 0.3) is 11.6 Å². The maximum Gasteiger partial charge on any atom is 0.259 e. The smallest absolute Gasteiger partial charge is 0.259 e. The molecule has 2 saturated heterocycles. The van der Waals surface area contributed by atoms with Crippen molar-refractivity contribution in [3.05, 3.63) is 22.5 Å². The topological polar surface area (TPSA) is 71.7 Å². The number of pyridine rings is 1. The van der Waals surface area contributed by atoms with Gasteiger partial charge in [0, 0.05) is 31.4 Å². The highest BCUT2D eigenvalue weighted by Crippen LogP contribution is 2.33. The molecular formula is C21H28N4O3. The molecule has 3 aliphatic rings. The Hall–Kier alpha value is -1.99. The number of amides is 1. The Balaban J connectivity index is 1.46. The molecule has 2 aromatic rings. The second-order valence-corrected chi connectivity index (χ2v) is 8.34. The average Bonchev–Trinajstić information content (AvgIpc) is 3.32. The van der Waals surface area contributed by atoms with Crippen molar-refractivity contribution in [3.63, 3.8) is 0 Å². The fourth-order valence-corrected chi connectivity index (χ4v) is 5.21. The van der Waals surface area contributed by atoms with E-state index < -0.39 is 0 Å². The number of hydrogen-bond donors (Lipinski definition) is 0. The number of carbonyl (C=O) groups is 1. The molecule has 1 amide bonds. The molecular weight excluding hydrogens is 356 g/mol. The first-order chi connectivity index (χ1) is 13.7. The Labute approximate surface area is 165 Å². The van der Waals surface area contributed by atoms with Crippen LogP contribution in [0.5, 0.6) is 0 Å². The summed E-state index contributed by atoms with van der Waals surface area (Å²) in [5.74, 6) is 0.106. The van der Waals surface area contributed by atoms with Gasteiger partial charge in [0.15, 0.2) is 0 Å². The van der Waals surface area contributed by atoms with Gasteiger partial charge in [0.1, 0.15) is 0 Å². The first-order valence-corrected chi connectivity index (χ1v) is 10.6. The van der Waals surface area contributed by atoms with Crippen LogP contribution in [-0.2, 0) is 17.6 Å². The minimum Gasteiger partial charge on any atom is -0.378 e. The lowest BCUT2D eigenvalue weighted by molar-refractivity contribution is -0.0776. The zero-order valence-electron chi connectivity index (χ0n) is 16.7. The number of ether oxygens (including phenoxy) is 1. The molecule has 1 aliphatic carbocycles. The monoisotopic (exact) mass is 384 g/mol. The van der Waals surface area contributed by atoms with E-state index in [9.17, 15) is 4.79 Å². The molecule has 2 aromatic heterocycles. The molecule has 2 fully saturated rings. The summed E-state index contributed by atoms with van der Waals surface area (Å²) < 4.78 is 11.3. The molecule has 0 N–H and O–H groups in total. The lowest BCUT2D eigenvalue weighted by atomic mass is 9.99. The molecule has 0 radical (unpaired) electrons. The highest BCUT2D eigenvalue weighted by atomic mass is 16.5. The second-order valence-electron chi connectivity index (χ2n) is 8.34. The molecule has 5 rings (SSSR count). The van der Waals surface area contributed by atoms with Crippen LogP contribution in [0, 0.1) is 6.92 Å². The Morgan fingerprint density at radius 1 is 1.25 bits per heavy atom. The summed E-state index contributed by atoms with van der Waals surface area (Å²) in [7, 11) is 0. The van der Waals surface area contributed by atoms with Crippen LogP contribution in [0.1, 0.15) is 53.5 Å². The summed E-state index contributed by atoms with van der Waals surface area (Å²) in [4.78, 5) is 22.9. The van der Waals surface area contributed by atoms with Crippen LogP contribution in [0.25, 0.3) is 11.1 Å². The van der Waals surface area contributed by atoms with Crippen molar-refractivity contribution in [1.29, 1.82) is 0 Å². The predicted molar refractivity (Wildman–Crippen MR) is 104 cm³/mol. The fourth-order valence-electron chi connectivity index (χ4n) is 5.21. The van der Waals surface area contributed by atoms with Crippen molar-refractivity contribution in [2.75, 3.05) is 32.8 Å². The standard InChI is InChI=1S/C21H28N4O3/c1-3-5-14-11-27-12-15-10-24(8-9-25(14)15)21(26)19-16-6-4-7-17(16)22-20-18(19)13(2)23-28-20/h14-15H,3-12H2,1-2H3/t14-,15+/m0/s1. The Bertz CT molecular complexity index is 907.